The van der Waals surface area contributed by atoms with E-state index >= 15 is 0 Å². The topological polar surface area (TPSA) is 67.2 Å². The number of fused-ring (bicyclic) bond motifs is 1. The summed E-state index contributed by atoms with van der Waals surface area (Å²) in [5.41, 5.74) is 2.45. The van der Waals surface area contributed by atoms with Gasteiger partial charge in [-0.3, -0.25) is 9.58 Å². The Hall–Kier alpha value is -1.70. The molecule has 0 spiro atoms. The molecule has 1 aliphatic rings. The Labute approximate surface area is 143 Å². The second-order valence-electron chi connectivity index (χ2n) is 6.14. The summed E-state index contributed by atoms with van der Waals surface area (Å²) in [7, 11) is -3.19. The summed E-state index contributed by atoms with van der Waals surface area (Å²) < 4.78 is 28.1. The maximum atomic E-state index is 11.7. The van der Waals surface area contributed by atoms with Crippen molar-refractivity contribution in [1.29, 1.82) is 0 Å². The molecule has 2 heterocycles. The van der Waals surface area contributed by atoms with Gasteiger partial charge in [-0.2, -0.15) is 5.10 Å². The van der Waals surface area contributed by atoms with Crippen molar-refractivity contribution < 1.29 is 8.42 Å². The number of aromatic nitrogens is 2. The van der Waals surface area contributed by atoms with Gasteiger partial charge in [0.15, 0.2) is 0 Å². The van der Waals surface area contributed by atoms with Crippen LogP contribution >= 0.6 is 0 Å². The first kappa shape index (κ1) is 17.1. The third-order valence-corrected chi connectivity index (χ3v) is 5.80. The lowest BCUT2D eigenvalue weighted by molar-refractivity contribution is 0.177. The molecular formula is C17H24N4O2S. The molecule has 1 atom stereocenters. The maximum Gasteiger partial charge on any atom is 0.211 e. The lowest BCUT2D eigenvalue weighted by atomic mass is 10.1. The minimum atomic E-state index is -3.19. The molecule has 2 aromatic rings. The first-order valence-electron chi connectivity index (χ1n) is 8.33. The van der Waals surface area contributed by atoms with Gasteiger partial charge in [-0.05, 0) is 25.0 Å². The van der Waals surface area contributed by atoms with Gasteiger partial charge in [-0.15, -0.1) is 0 Å². The molecule has 0 saturated heterocycles. The SMILES string of the molecule is CCS(=O)(=O)NC[C@@H]1CN(CCc2ccccc2)Cc2ccnn21. The van der Waals surface area contributed by atoms with Crippen LogP contribution in [-0.2, 0) is 23.0 Å². The van der Waals surface area contributed by atoms with Crippen molar-refractivity contribution in [2.75, 3.05) is 25.4 Å². The molecule has 1 aromatic carbocycles. The predicted molar refractivity (Wildman–Crippen MR) is 94.2 cm³/mol. The molecule has 0 bridgehead atoms. The fourth-order valence-electron chi connectivity index (χ4n) is 3.04. The Kier molecular flexibility index (Phi) is 5.33. The van der Waals surface area contributed by atoms with Crippen LogP contribution in [0.3, 0.4) is 0 Å². The molecule has 1 aliphatic heterocycles. The van der Waals surface area contributed by atoms with E-state index < -0.39 is 10.0 Å². The van der Waals surface area contributed by atoms with Gasteiger partial charge in [-0.25, -0.2) is 13.1 Å². The average molecular weight is 348 g/mol. The van der Waals surface area contributed by atoms with E-state index in [0.717, 1.165) is 31.7 Å². The van der Waals surface area contributed by atoms with Gasteiger partial charge in [0, 0.05) is 32.4 Å². The van der Waals surface area contributed by atoms with Crippen LogP contribution in [0.15, 0.2) is 42.6 Å². The minimum absolute atomic E-state index is 0.0286. The van der Waals surface area contributed by atoms with Crippen LogP contribution in [0, 0.1) is 0 Å². The van der Waals surface area contributed by atoms with E-state index in [4.69, 9.17) is 0 Å². The second kappa shape index (κ2) is 7.46. The standard InChI is InChI=1S/C17H24N4O2S/c1-2-24(22,23)19-12-17-14-20(13-16-8-10-18-21(16)17)11-9-15-6-4-3-5-7-15/h3-8,10,17,19H,2,9,11-14H2,1H3/t17-/m1/s1. The average Bonchev–Trinajstić information content (AvgIpc) is 3.07. The summed E-state index contributed by atoms with van der Waals surface area (Å²) in [5.74, 6) is 0.101. The normalized spacial score (nSPS) is 18.5. The summed E-state index contributed by atoms with van der Waals surface area (Å²) in [6.07, 6.45) is 2.78. The van der Waals surface area contributed by atoms with Crippen LogP contribution < -0.4 is 4.72 Å². The van der Waals surface area contributed by atoms with Gasteiger partial charge >= 0.3 is 0 Å². The van der Waals surface area contributed by atoms with Gasteiger partial charge < -0.3 is 0 Å². The fraction of sp³-hybridized carbons (Fsp3) is 0.471. The number of rotatable bonds is 7. The Morgan fingerprint density at radius 2 is 2.04 bits per heavy atom. The zero-order valence-electron chi connectivity index (χ0n) is 13.9. The quantitative estimate of drug-likeness (QED) is 0.822. The van der Waals surface area contributed by atoms with E-state index in [2.05, 4.69) is 39.0 Å². The van der Waals surface area contributed by atoms with Crippen molar-refractivity contribution in [3.8, 4) is 0 Å². The van der Waals surface area contributed by atoms with Crippen molar-refractivity contribution in [3.05, 3.63) is 53.9 Å². The number of sulfonamides is 1. The van der Waals surface area contributed by atoms with Gasteiger partial charge in [-0.1, -0.05) is 30.3 Å². The Bertz CT molecular complexity index is 758. The number of nitrogens with one attached hydrogen (secondary N) is 1. The first-order chi connectivity index (χ1) is 11.6. The molecule has 0 unspecified atom stereocenters. The van der Waals surface area contributed by atoms with E-state index in [1.165, 1.54) is 5.56 Å². The van der Waals surface area contributed by atoms with Crippen molar-refractivity contribution in [2.24, 2.45) is 0 Å². The smallest absolute Gasteiger partial charge is 0.211 e. The monoisotopic (exact) mass is 348 g/mol. The highest BCUT2D eigenvalue weighted by molar-refractivity contribution is 7.89. The van der Waals surface area contributed by atoms with E-state index in [0.29, 0.717) is 6.54 Å². The molecule has 6 nitrogen and oxygen atoms in total. The molecular weight excluding hydrogens is 324 g/mol. The summed E-state index contributed by atoms with van der Waals surface area (Å²) in [6, 6.07) is 12.5. The van der Waals surface area contributed by atoms with Crippen molar-refractivity contribution in [2.45, 2.75) is 25.9 Å². The van der Waals surface area contributed by atoms with Crippen LogP contribution in [-0.4, -0.2) is 48.5 Å². The van der Waals surface area contributed by atoms with E-state index in [-0.39, 0.29) is 11.8 Å². The lowest BCUT2D eigenvalue weighted by Gasteiger charge is -2.34. The number of hydrogen-bond acceptors (Lipinski definition) is 4. The van der Waals surface area contributed by atoms with Gasteiger partial charge in [0.05, 0.1) is 17.5 Å². The molecule has 3 rings (SSSR count). The highest BCUT2D eigenvalue weighted by atomic mass is 32.2. The molecule has 130 valence electrons. The molecule has 0 saturated carbocycles. The molecule has 0 radical (unpaired) electrons. The summed E-state index contributed by atoms with van der Waals surface area (Å²) >= 11 is 0. The second-order valence-corrected chi connectivity index (χ2v) is 8.24. The molecule has 24 heavy (non-hydrogen) atoms. The zero-order chi connectivity index (χ0) is 17.0. The predicted octanol–water partition coefficient (Wildman–Crippen LogP) is 1.42. The summed E-state index contributed by atoms with van der Waals surface area (Å²) in [4.78, 5) is 2.37. The molecule has 1 aromatic heterocycles. The van der Waals surface area contributed by atoms with Crippen LogP contribution in [0.4, 0.5) is 0 Å². The fourth-order valence-corrected chi connectivity index (χ4v) is 3.69. The van der Waals surface area contributed by atoms with E-state index in [1.807, 2.05) is 16.8 Å². The minimum Gasteiger partial charge on any atom is -0.295 e. The lowest BCUT2D eigenvalue weighted by Crippen LogP contribution is -2.43. The van der Waals surface area contributed by atoms with Crippen molar-refractivity contribution >= 4 is 10.0 Å². The Morgan fingerprint density at radius 1 is 1.25 bits per heavy atom. The van der Waals surface area contributed by atoms with Gasteiger partial charge in [0.1, 0.15) is 0 Å². The maximum absolute atomic E-state index is 11.7. The molecule has 1 N–H and O–H groups in total. The van der Waals surface area contributed by atoms with Gasteiger partial charge in [0.2, 0.25) is 10.0 Å². The third kappa shape index (κ3) is 4.23. The summed E-state index contributed by atoms with van der Waals surface area (Å²) in [6.45, 7) is 4.63. The van der Waals surface area contributed by atoms with Crippen LogP contribution in [0.5, 0.6) is 0 Å². The van der Waals surface area contributed by atoms with Crippen LogP contribution in [0.25, 0.3) is 0 Å². The van der Waals surface area contributed by atoms with Crippen LogP contribution in [0.2, 0.25) is 0 Å². The van der Waals surface area contributed by atoms with E-state index in [1.54, 1.807) is 13.1 Å². The molecule has 0 amide bonds. The highest BCUT2D eigenvalue weighted by Crippen LogP contribution is 2.20. The van der Waals surface area contributed by atoms with Crippen molar-refractivity contribution in [3.63, 3.8) is 0 Å². The third-order valence-electron chi connectivity index (χ3n) is 4.43. The first-order valence-corrected chi connectivity index (χ1v) is 9.98. The molecule has 0 fully saturated rings. The largest absolute Gasteiger partial charge is 0.295 e. The Balaban J connectivity index is 1.64. The van der Waals surface area contributed by atoms with Crippen LogP contribution in [0.1, 0.15) is 24.2 Å². The number of nitrogens with zero attached hydrogens (tertiary/aromatic N) is 3. The molecule has 7 heteroatoms. The number of hydrogen-bond donors (Lipinski definition) is 1. The zero-order valence-corrected chi connectivity index (χ0v) is 14.7. The molecule has 0 aliphatic carbocycles. The highest BCUT2D eigenvalue weighted by Gasteiger charge is 2.26. The van der Waals surface area contributed by atoms with Crippen molar-refractivity contribution in [1.82, 2.24) is 19.4 Å². The Morgan fingerprint density at radius 3 is 2.79 bits per heavy atom. The van der Waals surface area contributed by atoms with Gasteiger partial charge in [0.25, 0.3) is 0 Å². The number of benzene rings is 1. The summed E-state index contributed by atoms with van der Waals surface area (Å²) in [5, 5.41) is 4.37. The van der Waals surface area contributed by atoms with E-state index in [9.17, 15) is 8.42 Å².